The Morgan fingerprint density at radius 2 is 2.42 bits per heavy atom. The Bertz CT molecular complexity index is 266. The second-order valence-corrected chi connectivity index (χ2v) is 3.53. The Labute approximate surface area is 73.0 Å². The summed E-state index contributed by atoms with van der Waals surface area (Å²) in [5.74, 6) is 1.13. The summed E-state index contributed by atoms with van der Waals surface area (Å²) >= 11 is 0. The molecular formula is C9H15N3. The van der Waals surface area contributed by atoms with Crippen LogP contribution in [0.25, 0.3) is 0 Å². The molecule has 66 valence electrons. The maximum absolute atomic E-state index is 4.39. The first kappa shape index (κ1) is 7.65. The minimum Gasteiger partial charge on any atom is -0.352 e. The van der Waals surface area contributed by atoms with Crippen molar-refractivity contribution in [1.29, 1.82) is 0 Å². The van der Waals surface area contributed by atoms with Gasteiger partial charge in [0.05, 0.1) is 0 Å². The van der Waals surface area contributed by atoms with Crippen LogP contribution in [0.3, 0.4) is 0 Å². The number of aromatic nitrogens is 2. The van der Waals surface area contributed by atoms with Crippen molar-refractivity contribution in [2.24, 2.45) is 7.05 Å². The van der Waals surface area contributed by atoms with Crippen LogP contribution in [0.1, 0.15) is 19.8 Å². The molecule has 2 heterocycles. The molecule has 1 saturated heterocycles. The number of hydrogen-bond acceptors (Lipinski definition) is 2. The van der Waals surface area contributed by atoms with Crippen molar-refractivity contribution >= 4 is 5.82 Å². The lowest BCUT2D eigenvalue weighted by molar-refractivity contribution is 0.703. The molecule has 0 N–H and O–H groups in total. The van der Waals surface area contributed by atoms with Crippen molar-refractivity contribution in [2.75, 3.05) is 11.4 Å². The molecule has 1 unspecified atom stereocenters. The summed E-state index contributed by atoms with van der Waals surface area (Å²) in [7, 11) is 1.96. The fourth-order valence-corrected chi connectivity index (χ4v) is 1.83. The van der Waals surface area contributed by atoms with E-state index < -0.39 is 0 Å². The van der Waals surface area contributed by atoms with E-state index in [1.165, 1.54) is 12.8 Å². The predicted molar refractivity (Wildman–Crippen MR) is 49.3 cm³/mol. The van der Waals surface area contributed by atoms with Crippen molar-refractivity contribution in [3.63, 3.8) is 0 Å². The van der Waals surface area contributed by atoms with E-state index in [-0.39, 0.29) is 0 Å². The van der Waals surface area contributed by atoms with Gasteiger partial charge in [0.15, 0.2) is 5.82 Å². The van der Waals surface area contributed by atoms with Crippen molar-refractivity contribution in [3.05, 3.63) is 12.3 Å². The highest BCUT2D eigenvalue weighted by Crippen LogP contribution is 2.22. The first-order valence-corrected chi connectivity index (χ1v) is 4.53. The fourth-order valence-electron chi connectivity index (χ4n) is 1.83. The highest BCUT2D eigenvalue weighted by Gasteiger charge is 2.21. The van der Waals surface area contributed by atoms with Crippen LogP contribution in [-0.2, 0) is 7.05 Å². The van der Waals surface area contributed by atoms with Gasteiger partial charge in [0.1, 0.15) is 0 Å². The zero-order valence-electron chi connectivity index (χ0n) is 7.70. The maximum atomic E-state index is 4.39. The lowest BCUT2D eigenvalue weighted by atomic mass is 10.2. The third kappa shape index (κ3) is 1.19. The van der Waals surface area contributed by atoms with E-state index in [2.05, 4.69) is 23.0 Å². The zero-order valence-corrected chi connectivity index (χ0v) is 7.70. The van der Waals surface area contributed by atoms with Crippen LogP contribution < -0.4 is 4.90 Å². The van der Waals surface area contributed by atoms with E-state index >= 15 is 0 Å². The summed E-state index contributed by atoms with van der Waals surface area (Å²) in [6.07, 6.45) is 4.61. The quantitative estimate of drug-likeness (QED) is 0.627. The highest BCUT2D eigenvalue weighted by atomic mass is 15.3. The minimum atomic E-state index is 0.667. The zero-order chi connectivity index (χ0) is 8.55. The molecule has 1 aliphatic rings. The molecule has 1 fully saturated rings. The second kappa shape index (κ2) is 2.81. The van der Waals surface area contributed by atoms with Crippen LogP contribution in [0, 0.1) is 0 Å². The van der Waals surface area contributed by atoms with E-state index in [1.54, 1.807) is 0 Å². The van der Waals surface area contributed by atoms with Gasteiger partial charge in [-0.3, -0.25) is 4.68 Å². The molecule has 0 spiro atoms. The average Bonchev–Trinajstić information content (AvgIpc) is 2.58. The third-order valence-electron chi connectivity index (χ3n) is 2.55. The topological polar surface area (TPSA) is 21.1 Å². The number of hydrogen-bond donors (Lipinski definition) is 0. The Morgan fingerprint density at radius 3 is 2.92 bits per heavy atom. The SMILES string of the molecule is CC1CCCN1c1ccn(C)n1. The Hall–Kier alpha value is -0.990. The largest absolute Gasteiger partial charge is 0.352 e. The van der Waals surface area contributed by atoms with E-state index in [0.29, 0.717) is 6.04 Å². The lowest BCUT2D eigenvalue weighted by Gasteiger charge is -2.20. The molecular weight excluding hydrogens is 150 g/mol. The molecule has 1 aromatic rings. The number of anilines is 1. The van der Waals surface area contributed by atoms with Gasteiger partial charge in [0.2, 0.25) is 0 Å². The molecule has 1 atom stereocenters. The maximum Gasteiger partial charge on any atom is 0.150 e. The molecule has 0 radical (unpaired) electrons. The normalized spacial score (nSPS) is 23.5. The summed E-state index contributed by atoms with van der Waals surface area (Å²) in [6, 6.07) is 2.75. The van der Waals surface area contributed by atoms with E-state index in [9.17, 15) is 0 Å². The Morgan fingerprint density at radius 1 is 1.58 bits per heavy atom. The molecule has 0 aliphatic carbocycles. The number of aryl methyl sites for hydroxylation is 1. The molecule has 3 nitrogen and oxygen atoms in total. The van der Waals surface area contributed by atoms with Gasteiger partial charge in [-0.2, -0.15) is 5.10 Å². The molecule has 1 aliphatic heterocycles. The average molecular weight is 165 g/mol. The van der Waals surface area contributed by atoms with Crippen LogP contribution in [0.4, 0.5) is 5.82 Å². The van der Waals surface area contributed by atoms with Gasteiger partial charge in [-0.05, 0) is 19.8 Å². The molecule has 0 amide bonds. The van der Waals surface area contributed by atoms with Gasteiger partial charge in [-0.25, -0.2) is 0 Å². The van der Waals surface area contributed by atoms with Gasteiger partial charge in [-0.1, -0.05) is 0 Å². The van der Waals surface area contributed by atoms with Gasteiger partial charge in [0.25, 0.3) is 0 Å². The molecule has 0 bridgehead atoms. The molecule has 12 heavy (non-hydrogen) atoms. The number of rotatable bonds is 1. The van der Waals surface area contributed by atoms with Gasteiger partial charge in [-0.15, -0.1) is 0 Å². The van der Waals surface area contributed by atoms with E-state index in [4.69, 9.17) is 0 Å². The van der Waals surface area contributed by atoms with E-state index in [1.807, 2.05) is 17.9 Å². The third-order valence-corrected chi connectivity index (χ3v) is 2.55. The van der Waals surface area contributed by atoms with Crippen LogP contribution in [-0.4, -0.2) is 22.4 Å². The van der Waals surface area contributed by atoms with Crippen molar-refractivity contribution < 1.29 is 0 Å². The Kier molecular flexibility index (Phi) is 1.79. The van der Waals surface area contributed by atoms with Gasteiger partial charge < -0.3 is 4.90 Å². The second-order valence-electron chi connectivity index (χ2n) is 3.53. The molecule has 3 heteroatoms. The van der Waals surface area contributed by atoms with E-state index in [0.717, 1.165) is 12.4 Å². The molecule has 0 aromatic carbocycles. The summed E-state index contributed by atoms with van der Waals surface area (Å²) in [5, 5.41) is 4.39. The first-order valence-electron chi connectivity index (χ1n) is 4.53. The van der Waals surface area contributed by atoms with Crippen molar-refractivity contribution in [3.8, 4) is 0 Å². The molecule has 0 saturated carbocycles. The van der Waals surface area contributed by atoms with Crippen LogP contribution in [0.15, 0.2) is 12.3 Å². The van der Waals surface area contributed by atoms with Crippen LogP contribution in [0.2, 0.25) is 0 Å². The Balaban J connectivity index is 2.19. The van der Waals surface area contributed by atoms with Gasteiger partial charge >= 0.3 is 0 Å². The summed E-state index contributed by atoms with van der Waals surface area (Å²) in [6.45, 7) is 3.43. The summed E-state index contributed by atoms with van der Waals surface area (Å²) < 4.78 is 1.86. The number of nitrogens with zero attached hydrogens (tertiary/aromatic N) is 3. The van der Waals surface area contributed by atoms with Gasteiger partial charge in [0, 0.05) is 31.9 Å². The summed E-state index contributed by atoms with van der Waals surface area (Å²) in [5.41, 5.74) is 0. The molecule has 2 rings (SSSR count). The lowest BCUT2D eigenvalue weighted by Crippen LogP contribution is -2.26. The smallest absolute Gasteiger partial charge is 0.150 e. The molecule has 1 aromatic heterocycles. The standard InChI is InChI=1S/C9H15N3/c1-8-4-3-6-12(8)9-5-7-11(2)10-9/h5,7-8H,3-4,6H2,1-2H3. The predicted octanol–water partition coefficient (Wildman–Crippen LogP) is 1.41. The van der Waals surface area contributed by atoms with Crippen LogP contribution >= 0.6 is 0 Å². The first-order chi connectivity index (χ1) is 5.77. The van der Waals surface area contributed by atoms with Crippen LogP contribution in [0.5, 0.6) is 0 Å². The fraction of sp³-hybridized carbons (Fsp3) is 0.667. The minimum absolute atomic E-state index is 0.667. The van der Waals surface area contributed by atoms with Crippen molar-refractivity contribution in [1.82, 2.24) is 9.78 Å². The van der Waals surface area contributed by atoms with Crippen molar-refractivity contribution in [2.45, 2.75) is 25.8 Å². The summed E-state index contributed by atoms with van der Waals surface area (Å²) in [4.78, 5) is 2.38. The highest BCUT2D eigenvalue weighted by molar-refractivity contribution is 5.39. The monoisotopic (exact) mass is 165 g/mol.